The Hall–Kier alpha value is -2.36. The number of hydrogen-bond donors (Lipinski definition) is 1. The summed E-state index contributed by atoms with van der Waals surface area (Å²) in [6, 6.07) is 5.01. The number of aromatic nitrogens is 2. The predicted molar refractivity (Wildman–Crippen MR) is 155 cm³/mol. The number of benzene rings is 1. The highest BCUT2D eigenvalue weighted by atomic mass is 16.5. The normalized spacial score (nSPS) is 17.8. The van der Waals surface area contributed by atoms with E-state index in [9.17, 15) is 0 Å². The second-order valence-corrected chi connectivity index (χ2v) is 11.1. The largest absolute Gasteiger partial charge is 0.493 e. The lowest BCUT2D eigenvalue weighted by Gasteiger charge is -2.35. The Kier molecular flexibility index (Phi) is 10.7. The summed E-state index contributed by atoms with van der Waals surface area (Å²) in [4.78, 5) is 17.1. The molecule has 9 nitrogen and oxygen atoms in total. The Bertz CT molecular complexity index is 1000. The standard InChI is InChI=1S/C29H48N6O3/c1-22(2)34-14-10-23(11-15-34)30-28-24-20-26(36-5)27(38-19-18-37-17-16-33(3)4)21-25(24)31-29(32-28)35-12-8-6-7-9-13-35/h20-23H,6-19H2,1-5H3,(H,30,31,32). The van der Waals surface area contributed by atoms with Gasteiger partial charge in [0.05, 0.1) is 25.8 Å². The molecular formula is C29H48N6O3. The van der Waals surface area contributed by atoms with Gasteiger partial charge in [0, 0.05) is 56.3 Å². The number of piperidine rings is 1. The summed E-state index contributed by atoms with van der Waals surface area (Å²) in [7, 11) is 5.77. The van der Waals surface area contributed by atoms with E-state index in [2.05, 4.69) is 33.9 Å². The van der Waals surface area contributed by atoms with Gasteiger partial charge in [0.1, 0.15) is 12.4 Å². The van der Waals surface area contributed by atoms with Crippen LogP contribution in [0, 0.1) is 0 Å². The summed E-state index contributed by atoms with van der Waals surface area (Å²) in [6.07, 6.45) is 7.12. The van der Waals surface area contributed by atoms with Gasteiger partial charge in [-0.1, -0.05) is 12.8 Å². The number of hydrogen-bond acceptors (Lipinski definition) is 9. The zero-order valence-corrected chi connectivity index (χ0v) is 24.2. The fraction of sp³-hybridized carbons (Fsp3) is 0.724. The molecule has 2 aliphatic heterocycles. The zero-order chi connectivity index (χ0) is 26.9. The van der Waals surface area contributed by atoms with Crippen molar-refractivity contribution >= 4 is 22.7 Å². The molecule has 2 aliphatic rings. The second-order valence-electron chi connectivity index (χ2n) is 11.1. The SMILES string of the molecule is COc1cc2c(NC3CCN(C(C)C)CC3)nc(N3CCCCCC3)nc2cc1OCCOCCN(C)C. The van der Waals surface area contributed by atoms with E-state index in [1.165, 1.54) is 25.7 Å². The number of fused-ring (bicyclic) bond motifs is 1. The molecule has 0 saturated carbocycles. The van der Waals surface area contributed by atoms with Gasteiger partial charge in [0.25, 0.3) is 0 Å². The van der Waals surface area contributed by atoms with E-state index in [-0.39, 0.29) is 0 Å². The highest BCUT2D eigenvalue weighted by Gasteiger charge is 2.24. The van der Waals surface area contributed by atoms with Crippen LogP contribution in [0.15, 0.2) is 12.1 Å². The van der Waals surface area contributed by atoms with Crippen molar-refractivity contribution in [1.82, 2.24) is 19.8 Å². The van der Waals surface area contributed by atoms with Gasteiger partial charge in [-0.05, 0) is 59.7 Å². The number of methoxy groups -OCH3 is 1. The third-order valence-electron chi connectivity index (χ3n) is 7.63. The Morgan fingerprint density at radius 1 is 0.947 bits per heavy atom. The van der Waals surface area contributed by atoms with Gasteiger partial charge in [-0.2, -0.15) is 4.98 Å². The smallest absolute Gasteiger partial charge is 0.227 e. The Labute approximate surface area is 228 Å². The van der Waals surface area contributed by atoms with Crippen molar-refractivity contribution < 1.29 is 14.2 Å². The van der Waals surface area contributed by atoms with Crippen molar-refractivity contribution in [2.75, 3.05) is 84.0 Å². The van der Waals surface area contributed by atoms with Crippen LogP contribution in [-0.2, 0) is 4.74 Å². The molecule has 1 aromatic heterocycles. The molecule has 0 unspecified atom stereocenters. The Balaban J connectivity index is 1.57. The summed E-state index contributed by atoms with van der Waals surface area (Å²) in [5, 5.41) is 4.77. The average Bonchev–Trinajstić information content (AvgIpc) is 3.20. The molecule has 9 heteroatoms. The highest BCUT2D eigenvalue weighted by molar-refractivity contribution is 5.93. The molecule has 0 spiro atoms. The molecule has 212 valence electrons. The molecule has 4 rings (SSSR count). The number of nitrogens with one attached hydrogen (secondary N) is 1. The summed E-state index contributed by atoms with van der Waals surface area (Å²) in [6.45, 7) is 11.3. The van der Waals surface area contributed by atoms with Crippen LogP contribution in [0.5, 0.6) is 11.5 Å². The molecule has 2 saturated heterocycles. The van der Waals surface area contributed by atoms with E-state index in [4.69, 9.17) is 24.2 Å². The van der Waals surface area contributed by atoms with Crippen LogP contribution < -0.4 is 19.7 Å². The van der Waals surface area contributed by atoms with E-state index in [1.54, 1.807) is 7.11 Å². The molecule has 1 aromatic carbocycles. The van der Waals surface area contributed by atoms with Crippen LogP contribution in [0.1, 0.15) is 52.4 Å². The second kappa shape index (κ2) is 14.1. The van der Waals surface area contributed by atoms with E-state index in [0.717, 1.165) is 68.2 Å². The lowest BCUT2D eigenvalue weighted by Crippen LogP contribution is -2.42. The average molecular weight is 529 g/mol. The van der Waals surface area contributed by atoms with Crippen molar-refractivity contribution in [2.45, 2.75) is 64.5 Å². The fourth-order valence-corrected chi connectivity index (χ4v) is 5.23. The molecule has 0 radical (unpaired) electrons. The lowest BCUT2D eigenvalue weighted by molar-refractivity contribution is 0.0881. The van der Waals surface area contributed by atoms with Gasteiger partial charge in [0.15, 0.2) is 11.5 Å². The monoisotopic (exact) mass is 528 g/mol. The molecule has 2 fully saturated rings. The van der Waals surface area contributed by atoms with Crippen molar-refractivity contribution in [2.24, 2.45) is 0 Å². The van der Waals surface area contributed by atoms with Crippen LogP contribution in [0.25, 0.3) is 10.9 Å². The van der Waals surface area contributed by atoms with E-state index < -0.39 is 0 Å². The molecule has 1 N–H and O–H groups in total. The molecule has 2 aromatic rings. The maximum absolute atomic E-state index is 6.11. The quantitative estimate of drug-likeness (QED) is 0.407. The van der Waals surface area contributed by atoms with Gasteiger partial charge in [-0.3, -0.25) is 0 Å². The third-order valence-corrected chi connectivity index (χ3v) is 7.63. The first-order valence-electron chi connectivity index (χ1n) is 14.4. The van der Waals surface area contributed by atoms with Gasteiger partial charge in [-0.25, -0.2) is 4.98 Å². The van der Waals surface area contributed by atoms with Crippen LogP contribution in [0.2, 0.25) is 0 Å². The summed E-state index contributed by atoms with van der Waals surface area (Å²) >= 11 is 0. The van der Waals surface area contributed by atoms with E-state index in [1.807, 2.05) is 26.2 Å². The van der Waals surface area contributed by atoms with Gasteiger partial charge in [-0.15, -0.1) is 0 Å². The number of anilines is 2. The van der Waals surface area contributed by atoms with E-state index in [0.29, 0.717) is 43.4 Å². The van der Waals surface area contributed by atoms with Crippen LogP contribution in [-0.4, -0.2) is 106 Å². The zero-order valence-electron chi connectivity index (χ0n) is 24.2. The van der Waals surface area contributed by atoms with Crippen molar-refractivity contribution in [3.05, 3.63) is 12.1 Å². The number of likely N-dealkylation sites (N-methyl/N-ethyl adjacent to an activating group) is 1. The van der Waals surface area contributed by atoms with Crippen molar-refractivity contribution in [1.29, 1.82) is 0 Å². The Morgan fingerprint density at radius 2 is 1.68 bits per heavy atom. The fourth-order valence-electron chi connectivity index (χ4n) is 5.23. The molecular weight excluding hydrogens is 480 g/mol. The van der Waals surface area contributed by atoms with Gasteiger partial charge < -0.3 is 34.2 Å². The summed E-state index contributed by atoms with van der Waals surface area (Å²) in [5.74, 6) is 3.08. The van der Waals surface area contributed by atoms with Crippen LogP contribution in [0.4, 0.5) is 11.8 Å². The van der Waals surface area contributed by atoms with Gasteiger partial charge >= 0.3 is 0 Å². The topological polar surface area (TPSA) is 75.2 Å². The number of ether oxygens (including phenoxy) is 3. The third kappa shape index (κ3) is 7.83. The minimum absolute atomic E-state index is 0.390. The van der Waals surface area contributed by atoms with Crippen molar-refractivity contribution in [3.63, 3.8) is 0 Å². The number of rotatable bonds is 12. The first kappa shape index (κ1) is 28.6. The van der Waals surface area contributed by atoms with E-state index >= 15 is 0 Å². The molecule has 3 heterocycles. The molecule has 38 heavy (non-hydrogen) atoms. The molecule has 0 atom stereocenters. The minimum Gasteiger partial charge on any atom is -0.493 e. The summed E-state index contributed by atoms with van der Waals surface area (Å²) in [5.41, 5.74) is 0.880. The number of nitrogens with zero attached hydrogens (tertiary/aromatic N) is 5. The maximum atomic E-state index is 6.11. The van der Waals surface area contributed by atoms with Crippen LogP contribution in [0.3, 0.4) is 0 Å². The number of likely N-dealkylation sites (tertiary alicyclic amines) is 1. The predicted octanol–water partition coefficient (Wildman–Crippen LogP) is 4.26. The van der Waals surface area contributed by atoms with Crippen molar-refractivity contribution in [3.8, 4) is 11.5 Å². The lowest BCUT2D eigenvalue weighted by atomic mass is 10.0. The molecule has 0 aliphatic carbocycles. The summed E-state index contributed by atoms with van der Waals surface area (Å²) < 4.78 is 17.6. The maximum Gasteiger partial charge on any atom is 0.227 e. The van der Waals surface area contributed by atoms with Crippen LogP contribution >= 0.6 is 0 Å². The minimum atomic E-state index is 0.390. The van der Waals surface area contributed by atoms with Gasteiger partial charge in [0.2, 0.25) is 5.95 Å². The molecule has 0 amide bonds. The first-order chi connectivity index (χ1) is 18.4. The Morgan fingerprint density at radius 3 is 2.34 bits per heavy atom. The highest BCUT2D eigenvalue weighted by Crippen LogP contribution is 2.36. The first-order valence-corrected chi connectivity index (χ1v) is 14.4. The molecule has 0 bridgehead atoms.